The first kappa shape index (κ1) is 16.0. The van der Waals surface area contributed by atoms with Gasteiger partial charge in [-0.15, -0.1) is 0 Å². The summed E-state index contributed by atoms with van der Waals surface area (Å²) in [5.74, 6) is -0.0295. The highest BCUT2D eigenvalue weighted by Gasteiger charge is 2.23. The number of hydrogen-bond acceptors (Lipinski definition) is 5. The number of esters is 1. The number of nitrogens with one attached hydrogen (secondary N) is 1. The maximum Gasteiger partial charge on any atom is 0.341 e. The lowest BCUT2D eigenvalue weighted by Gasteiger charge is -2.27. The van der Waals surface area contributed by atoms with Crippen molar-refractivity contribution in [1.29, 1.82) is 0 Å². The minimum atomic E-state index is -0.333. The molecule has 0 aliphatic heterocycles. The number of aromatic nitrogens is 2. The van der Waals surface area contributed by atoms with E-state index < -0.39 is 0 Å². The topological polar surface area (TPSA) is 76.4 Å². The molecule has 0 bridgehead atoms. The number of hydrogen-bond donors (Lipinski definition) is 2. The average Bonchev–Trinajstić information content (AvgIpc) is 2.83. The first-order chi connectivity index (χ1) is 10.1. The minimum Gasteiger partial charge on any atom is -0.462 e. The maximum atomic E-state index is 11.9. The Bertz CT molecular complexity index is 473. The molecule has 1 fully saturated rings. The smallest absolute Gasteiger partial charge is 0.341 e. The lowest BCUT2D eigenvalue weighted by molar-refractivity contribution is 0.0523. The molecule has 0 spiro atoms. The van der Waals surface area contributed by atoms with Crippen LogP contribution in [0.2, 0.25) is 0 Å². The van der Waals surface area contributed by atoms with Gasteiger partial charge in [0.05, 0.1) is 24.6 Å². The summed E-state index contributed by atoms with van der Waals surface area (Å²) < 4.78 is 6.73. The summed E-state index contributed by atoms with van der Waals surface area (Å²) in [7, 11) is 1.81. The van der Waals surface area contributed by atoms with Gasteiger partial charge in [0, 0.05) is 20.1 Å². The van der Waals surface area contributed by atoms with E-state index in [4.69, 9.17) is 4.74 Å². The van der Waals surface area contributed by atoms with Crippen LogP contribution in [0.4, 0.5) is 0 Å². The molecule has 0 saturated heterocycles. The number of ether oxygens (including phenoxy) is 1. The summed E-state index contributed by atoms with van der Waals surface area (Å²) >= 11 is 0. The molecule has 6 nitrogen and oxygen atoms in total. The van der Waals surface area contributed by atoms with Gasteiger partial charge in [0.15, 0.2) is 0 Å². The van der Waals surface area contributed by atoms with Crippen molar-refractivity contribution in [2.24, 2.45) is 13.0 Å². The van der Waals surface area contributed by atoms with Gasteiger partial charge >= 0.3 is 5.97 Å². The zero-order chi connectivity index (χ0) is 15.2. The molecule has 118 valence electrons. The van der Waals surface area contributed by atoms with Gasteiger partial charge in [-0.25, -0.2) is 4.79 Å². The molecule has 6 heteroatoms. The van der Waals surface area contributed by atoms with Crippen molar-refractivity contribution < 1.29 is 14.6 Å². The molecule has 0 radical (unpaired) electrons. The van der Waals surface area contributed by atoms with Crippen LogP contribution in [-0.4, -0.2) is 40.1 Å². The number of carbonyl (C=O) groups is 1. The molecule has 1 aliphatic rings. The van der Waals surface area contributed by atoms with Gasteiger partial charge in [-0.05, 0) is 25.7 Å². The van der Waals surface area contributed by atoms with Crippen molar-refractivity contribution in [2.75, 3.05) is 13.2 Å². The number of aliphatic hydroxyl groups excluding tert-OH is 1. The second kappa shape index (κ2) is 7.56. The third-order valence-electron chi connectivity index (χ3n) is 4.12. The second-order valence-electron chi connectivity index (χ2n) is 5.59. The van der Waals surface area contributed by atoms with Crippen LogP contribution in [-0.2, 0) is 18.3 Å². The zero-order valence-corrected chi connectivity index (χ0v) is 12.8. The fourth-order valence-electron chi connectivity index (χ4n) is 2.85. The van der Waals surface area contributed by atoms with Gasteiger partial charge in [0.1, 0.15) is 5.56 Å². The monoisotopic (exact) mass is 295 g/mol. The van der Waals surface area contributed by atoms with Crippen LogP contribution >= 0.6 is 0 Å². The lowest BCUT2D eigenvalue weighted by Crippen LogP contribution is -2.34. The van der Waals surface area contributed by atoms with Gasteiger partial charge in [-0.3, -0.25) is 4.68 Å². The number of rotatable bonds is 6. The molecule has 2 atom stereocenters. The van der Waals surface area contributed by atoms with E-state index in [1.165, 1.54) is 6.42 Å². The Morgan fingerprint density at radius 2 is 2.29 bits per heavy atom. The molecule has 1 aromatic heterocycles. The first-order valence-corrected chi connectivity index (χ1v) is 7.70. The Morgan fingerprint density at radius 3 is 3.00 bits per heavy atom. The molecule has 21 heavy (non-hydrogen) atoms. The summed E-state index contributed by atoms with van der Waals surface area (Å²) in [5.41, 5.74) is 1.33. The summed E-state index contributed by atoms with van der Waals surface area (Å²) in [6.45, 7) is 3.45. The molecule has 1 aliphatic carbocycles. The van der Waals surface area contributed by atoms with E-state index in [0.717, 1.165) is 31.5 Å². The van der Waals surface area contributed by atoms with Gasteiger partial charge in [-0.2, -0.15) is 5.10 Å². The van der Waals surface area contributed by atoms with E-state index in [1.54, 1.807) is 17.8 Å². The van der Waals surface area contributed by atoms with Gasteiger partial charge in [0.25, 0.3) is 0 Å². The predicted molar refractivity (Wildman–Crippen MR) is 78.8 cm³/mol. The molecule has 2 N–H and O–H groups in total. The van der Waals surface area contributed by atoms with Crippen molar-refractivity contribution in [3.63, 3.8) is 0 Å². The van der Waals surface area contributed by atoms with Gasteiger partial charge in [0.2, 0.25) is 0 Å². The minimum absolute atomic E-state index is 0.206. The van der Waals surface area contributed by atoms with E-state index in [1.807, 2.05) is 7.05 Å². The van der Waals surface area contributed by atoms with Crippen LogP contribution in [0.5, 0.6) is 0 Å². The molecule has 0 amide bonds. The molecule has 1 saturated carbocycles. The van der Waals surface area contributed by atoms with Crippen molar-refractivity contribution >= 4 is 5.97 Å². The summed E-state index contributed by atoms with van der Waals surface area (Å²) in [6, 6.07) is 0. The van der Waals surface area contributed by atoms with Crippen molar-refractivity contribution in [3.8, 4) is 0 Å². The van der Waals surface area contributed by atoms with E-state index in [-0.39, 0.29) is 12.1 Å². The third-order valence-corrected chi connectivity index (χ3v) is 4.12. The normalized spacial score (nSPS) is 22.2. The fraction of sp³-hybridized carbons (Fsp3) is 0.733. The summed E-state index contributed by atoms with van der Waals surface area (Å²) in [4.78, 5) is 11.9. The molecular weight excluding hydrogens is 270 g/mol. The first-order valence-electron chi connectivity index (χ1n) is 7.70. The molecule has 2 rings (SSSR count). The number of aliphatic hydroxyl groups is 1. The van der Waals surface area contributed by atoms with Crippen LogP contribution in [0.3, 0.4) is 0 Å². The summed E-state index contributed by atoms with van der Waals surface area (Å²) in [6.07, 6.45) is 5.60. The highest BCUT2D eigenvalue weighted by molar-refractivity contribution is 5.90. The van der Waals surface area contributed by atoms with E-state index >= 15 is 0 Å². The molecule has 1 aromatic rings. The number of carbonyl (C=O) groups excluding carboxylic acids is 1. The average molecular weight is 295 g/mol. The maximum absolute atomic E-state index is 11.9. The highest BCUT2D eigenvalue weighted by atomic mass is 16.5. The Morgan fingerprint density at radius 1 is 1.52 bits per heavy atom. The van der Waals surface area contributed by atoms with Gasteiger partial charge < -0.3 is 15.2 Å². The third kappa shape index (κ3) is 4.04. The number of aryl methyl sites for hydroxylation is 1. The Labute approximate surface area is 125 Å². The molecule has 1 heterocycles. The SMILES string of the molecule is CCOC(=O)c1cnn(C)c1CNCC1CCCCC1O. The standard InChI is InChI=1S/C15H25N3O3/c1-3-21-15(20)12-9-17-18(2)13(12)10-16-8-11-6-4-5-7-14(11)19/h9,11,14,16,19H,3-8,10H2,1-2H3. The number of nitrogens with zero attached hydrogens (tertiary/aromatic N) is 2. The summed E-state index contributed by atoms with van der Waals surface area (Å²) in [5, 5.41) is 17.4. The van der Waals surface area contributed by atoms with Crippen LogP contribution in [0, 0.1) is 5.92 Å². The second-order valence-corrected chi connectivity index (χ2v) is 5.59. The predicted octanol–water partition coefficient (Wildman–Crippen LogP) is 1.24. The largest absolute Gasteiger partial charge is 0.462 e. The van der Waals surface area contributed by atoms with Crippen LogP contribution in [0.15, 0.2) is 6.20 Å². The quantitative estimate of drug-likeness (QED) is 0.772. The Balaban J connectivity index is 1.90. The molecule has 2 unspecified atom stereocenters. The molecular formula is C15H25N3O3. The molecule has 0 aromatic carbocycles. The van der Waals surface area contributed by atoms with Crippen LogP contribution in [0.1, 0.15) is 48.7 Å². The van der Waals surface area contributed by atoms with Crippen molar-refractivity contribution in [2.45, 2.75) is 45.3 Å². The van der Waals surface area contributed by atoms with Crippen LogP contribution in [0.25, 0.3) is 0 Å². The van der Waals surface area contributed by atoms with E-state index in [9.17, 15) is 9.90 Å². The van der Waals surface area contributed by atoms with E-state index in [2.05, 4.69) is 10.4 Å². The van der Waals surface area contributed by atoms with Crippen molar-refractivity contribution in [1.82, 2.24) is 15.1 Å². The zero-order valence-electron chi connectivity index (χ0n) is 12.8. The van der Waals surface area contributed by atoms with E-state index in [0.29, 0.717) is 24.6 Å². The Hall–Kier alpha value is -1.40. The fourth-order valence-corrected chi connectivity index (χ4v) is 2.85. The van der Waals surface area contributed by atoms with Crippen molar-refractivity contribution in [3.05, 3.63) is 17.5 Å². The lowest BCUT2D eigenvalue weighted by atomic mass is 9.86. The van der Waals surface area contributed by atoms with Crippen LogP contribution < -0.4 is 5.32 Å². The highest BCUT2D eigenvalue weighted by Crippen LogP contribution is 2.23. The van der Waals surface area contributed by atoms with Gasteiger partial charge in [-0.1, -0.05) is 12.8 Å². The Kier molecular flexibility index (Phi) is 5.76.